The van der Waals surface area contributed by atoms with Gasteiger partial charge in [0.05, 0.1) is 0 Å². The molecule has 6 nitrogen and oxygen atoms in total. The molecule has 0 spiro atoms. The summed E-state index contributed by atoms with van der Waals surface area (Å²) in [5.74, 6) is -1.61. The smallest absolute Gasteiger partial charge is 0.315 e. The summed E-state index contributed by atoms with van der Waals surface area (Å²) in [7, 11) is 1.51. The van der Waals surface area contributed by atoms with Gasteiger partial charge in [0.15, 0.2) is 11.4 Å². The van der Waals surface area contributed by atoms with Crippen molar-refractivity contribution in [2.24, 2.45) is 12.2 Å². The van der Waals surface area contributed by atoms with Gasteiger partial charge in [0, 0.05) is 18.8 Å². The molecule has 0 saturated heterocycles. The van der Waals surface area contributed by atoms with Crippen LogP contribution in [0.5, 0.6) is 5.75 Å². The third kappa shape index (κ3) is 1.41. The number of aromatic hydroxyl groups is 1. The molecule has 0 radical (unpaired) electrons. The van der Waals surface area contributed by atoms with Crippen LogP contribution in [0.2, 0.25) is 0 Å². The van der Waals surface area contributed by atoms with Gasteiger partial charge in [0.25, 0.3) is 0 Å². The van der Waals surface area contributed by atoms with Gasteiger partial charge in [-0.2, -0.15) is 0 Å². The molecular formula is C8H9N3O3. The summed E-state index contributed by atoms with van der Waals surface area (Å²) < 4.78 is 1.32. The van der Waals surface area contributed by atoms with Crippen LogP contribution in [0.1, 0.15) is 16.2 Å². The van der Waals surface area contributed by atoms with Crippen molar-refractivity contribution in [3.8, 4) is 5.75 Å². The Kier molecular flexibility index (Phi) is 2.46. The Morgan fingerprint density at radius 3 is 2.71 bits per heavy atom. The van der Waals surface area contributed by atoms with Crippen molar-refractivity contribution in [3.05, 3.63) is 27.7 Å². The van der Waals surface area contributed by atoms with Crippen molar-refractivity contribution in [2.45, 2.75) is 6.92 Å². The van der Waals surface area contributed by atoms with Crippen molar-refractivity contribution < 1.29 is 9.90 Å². The van der Waals surface area contributed by atoms with E-state index in [9.17, 15) is 14.7 Å². The Morgan fingerprint density at radius 2 is 2.21 bits per heavy atom. The van der Waals surface area contributed by atoms with E-state index in [4.69, 9.17) is 5.53 Å². The topological polar surface area (TPSA) is 95.5 Å². The molecule has 2 N–H and O–H groups in total. The second-order valence-electron chi connectivity index (χ2n) is 2.82. The molecular weight excluding hydrogens is 186 g/mol. The molecule has 0 aliphatic carbocycles. The maximum absolute atomic E-state index is 11.1. The van der Waals surface area contributed by atoms with Crippen molar-refractivity contribution >= 4 is 5.91 Å². The number of carbonyl (C=O) groups excluding carboxylic acids is 1. The maximum Gasteiger partial charge on any atom is 0.315 e. The summed E-state index contributed by atoms with van der Waals surface area (Å²) in [4.78, 5) is 22.2. The van der Waals surface area contributed by atoms with Gasteiger partial charge in [-0.1, -0.05) is 0 Å². The second kappa shape index (κ2) is 3.41. The highest BCUT2D eigenvalue weighted by molar-refractivity contribution is 5.95. The van der Waals surface area contributed by atoms with Gasteiger partial charge in [0.2, 0.25) is 5.43 Å². The average molecular weight is 195 g/mol. The van der Waals surface area contributed by atoms with Crippen LogP contribution in [0.4, 0.5) is 0 Å². The van der Waals surface area contributed by atoms with Gasteiger partial charge in [-0.15, -0.1) is 5.11 Å². The lowest BCUT2D eigenvalue weighted by atomic mass is 10.2. The van der Waals surface area contributed by atoms with Crippen LogP contribution in [0.25, 0.3) is 0 Å². The number of aromatic nitrogens is 1. The largest absolute Gasteiger partial charge is 0.503 e. The van der Waals surface area contributed by atoms with Gasteiger partial charge in [-0.05, 0) is 6.92 Å². The number of carbonyl (C=O) groups is 1. The maximum atomic E-state index is 11.1. The van der Waals surface area contributed by atoms with Crippen LogP contribution in [0.3, 0.4) is 0 Å². The van der Waals surface area contributed by atoms with E-state index in [2.05, 4.69) is 5.11 Å². The fourth-order valence-corrected chi connectivity index (χ4v) is 1.10. The van der Waals surface area contributed by atoms with Crippen LogP contribution >= 0.6 is 0 Å². The van der Waals surface area contributed by atoms with E-state index in [1.165, 1.54) is 17.7 Å². The number of nitrogens with one attached hydrogen (secondary N) is 1. The summed E-state index contributed by atoms with van der Waals surface area (Å²) in [5.41, 5.74) is 6.14. The van der Waals surface area contributed by atoms with Crippen molar-refractivity contribution in [1.82, 2.24) is 4.57 Å². The fourth-order valence-electron chi connectivity index (χ4n) is 1.10. The van der Waals surface area contributed by atoms with Gasteiger partial charge in [0.1, 0.15) is 0 Å². The van der Waals surface area contributed by atoms with Crippen molar-refractivity contribution in [2.75, 3.05) is 0 Å². The monoisotopic (exact) mass is 195 g/mol. The predicted octanol–water partition coefficient (Wildman–Crippen LogP) is 0.570. The number of aryl methyl sites for hydroxylation is 1. The Morgan fingerprint density at radius 1 is 1.64 bits per heavy atom. The first-order valence-electron chi connectivity index (χ1n) is 3.80. The van der Waals surface area contributed by atoms with E-state index < -0.39 is 17.1 Å². The molecule has 1 aromatic heterocycles. The zero-order valence-electron chi connectivity index (χ0n) is 7.74. The minimum atomic E-state index is -0.939. The summed E-state index contributed by atoms with van der Waals surface area (Å²) in [6, 6.07) is 1.20. The van der Waals surface area contributed by atoms with Gasteiger partial charge >= 0.3 is 5.91 Å². The van der Waals surface area contributed by atoms with E-state index in [1.807, 2.05) is 0 Å². The molecule has 1 aromatic rings. The Labute approximate surface area is 79.3 Å². The van der Waals surface area contributed by atoms with E-state index in [-0.39, 0.29) is 5.69 Å². The van der Waals surface area contributed by atoms with Crippen LogP contribution < -0.4 is 5.43 Å². The van der Waals surface area contributed by atoms with Crippen LogP contribution in [-0.2, 0) is 7.05 Å². The fraction of sp³-hybridized carbons (Fsp3) is 0.250. The first kappa shape index (κ1) is 10.1. The highest BCUT2D eigenvalue weighted by Gasteiger charge is 2.17. The third-order valence-corrected chi connectivity index (χ3v) is 1.97. The number of amides is 1. The number of pyridine rings is 1. The number of hydrogen-bond acceptors (Lipinski definition) is 4. The molecule has 0 aliphatic rings. The number of hydrogen-bond donors (Lipinski definition) is 2. The zero-order valence-corrected chi connectivity index (χ0v) is 7.74. The molecule has 74 valence electrons. The lowest BCUT2D eigenvalue weighted by Crippen LogP contribution is -2.16. The van der Waals surface area contributed by atoms with Gasteiger partial charge < -0.3 is 9.67 Å². The summed E-state index contributed by atoms with van der Waals surface area (Å²) in [5, 5.41) is 12.0. The first-order valence-corrected chi connectivity index (χ1v) is 3.80. The van der Waals surface area contributed by atoms with E-state index in [1.54, 1.807) is 6.92 Å². The molecule has 1 heterocycles. The Hall–Kier alpha value is -1.98. The van der Waals surface area contributed by atoms with Gasteiger partial charge in [-0.3, -0.25) is 9.59 Å². The summed E-state index contributed by atoms with van der Waals surface area (Å²) in [6.45, 7) is 1.61. The molecule has 1 amide bonds. The molecule has 14 heavy (non-hydrogen) atoms. The molecule has 0 unspecified atom stereocenters. The second-order valence-corrected chi connectivity index (χ2v) is 2.82. The number of nitrogens with zero attached hydrogens (tertiary/aromatic N) is 2. The standard InChI is InChI=1S/C8H9N3O3/c1-4-3-5(12)7(13)6(11(4)2)8(14)10-9/h3,9,13H,1-2H3. The lowest BCUT2D eigenvalue weighted by molar-refractivity contribution is 0.0978. The van der Waals surface area contributed by atoms with Crippen molar-refractivity contribution in [3.63, 3.8) is 0 Å². The Balaban J connectivity index is 3.63. The average Bonchev–Trinajstić information content (AvgIpc) is 2.15. The number of rotatable bonds is 1. The summed E-state index contributed by atoms with van der Waals surface area (Å²) in [6.07, 6.45) is 0. The highest BCUT2D eigenvalue weighted by atomic mass is 16.3. The quantitative estimate of drug-likeness (QED) is 0.641. The molecule has 6 heteroatoms. The SMILES string of the molecule is Cc1cc(=O)c(O)c(C(=O)N=N)n1C. The van der Waals surface area contributed by atoms with Gasteiger partial charge in [-0.25, -0.2) is 5.53 Å². The molecule has 1 rings (SSSR count). The minimum Gasteiger partial charge on any atom is -0.503 e. The normalized spacial score (nSPS) is 9.86. The molecule has 0 saturated carbocycles. The van der Waals surface area contributed by atoms with Crippen LogP contribution in [0, 0.1) is 12.5 Å². The van der Waals surface area contributed by atoms with E-state index >= 15 is 0 Å². The van der Waals surface area contributed by atoms with E-state index in [0.29, 0.717) is 5.69 Å². The predicted molar refractivity (Wildman–Crippen MR) is 47.6 cm³/mol. The zero-order chi connectivity index (χ0) is 10.9. The molecule has 0 bridgehead atoms. The first-order chi connectivity index (χ1) is 6.49. The summed E-state index contributed by atoms with van der Waals surface area (Å²) >= 11 is 0. The van der Waals surface area contributed by atoms with Crippen LogP contribution in [-0.4, -0.2) is 15.6 Å². The van der Waals surface area contributed by atoms with Crippen LogP contribution in [0.15, 0.2) is 16.0 Å². The molecule has 0 fully saturated rings. The highest BCUT2D eigenvalue weighted by Crippen LogP contribution is 2.13. The third-order valence-electron chi connectivity index (χ3n) is 1.97. The lowest BCUT2D eigenvalue weighted by Gasteiger charge is -2.09. The minimum absolute atomic E-state index is 0.259. The molecule has 0 aromatic carbocycles. The Bertz CT molecular complexity index is 462. The molecule has 0 atom stereocenters. The van der Waals surface area contributed by atoms with E-state index in [0.717, 1.165) is 0 Å². The molecule has 0 aliphatic heterocycles. The van der Waals surface area contributed by atoms with Crippen molar-refractivity contribution in [1.29, 1.82) is 5.53 Å².